The molecule has 1 unspecified atom stereocenters. The molecule has 0 aromatic heterocycles. The molecule has 1 saturated heterocycles. The van der Waals surface area contributed by atoms with Crippen molar-refractivity contribution in [2.45, 2.75) is 19.4 Å². The third-order valence-corrected chi connectivity index (χ3v) is 3.33. The van der Waals surface area contributed by atoms with Gasteiger partial charge in [-0.25, -0.2) is 0 Å². The van der Waals surface area contributed by atoms with Crippen molar-refractivity contribution >= 4 is 29.1 Å². The van der Waals surface area contributed by atoms with Crippen LogP contribution in [0.2, 0.25) is 0 Å². The van der Waals surface area contributed by atoms with Gasteiger partial charge in [0.1, 0.15) is 0 Å². The summed E-state index contributed by atoms with van der Waals surface area (Å²) in [5.41, 5.74) is 6.83. The number of benzene rings is 1. The molecular formula is C14H18N4O3. The van der Waals surface area contributed by atoms with E-state index >= 15 is 0 Å². The predicted molar refractivity (Wildman–Crippen MR) is 78.3 cm³/mol. The van der Waals surface area contributed by atoms with Crippen molar-refractivity contribution in [1.29, 1.82) is 0 Å². The Labute approximate surface area is 122 Å². The molecule has 4 N–H and O–H groups in total. The molecule has 0 bridgehead atoms. The summed E-state index contributed by atoms with van der Waals surface area (Å²) >= 11 is 0. The molecule has 0 saturated carbocycles. The SMILES string of the molecule is CC1C(=O)NC(=O)CN1CCC(=O)Nc1cccc(N)c1. The molecule has 3 amide bonds. The largest absolute Gasteiger partial charge is 0.399 e. The van der Waals surface area contributed by atoms with Crippen LogP contribution in [0.4, 0.5) is 11.4 Å². The summed E-state index contributed by atoms with van der Waals surface area (Å²) in [6.07, 6.45) is 0.194. The van der Waals surface area contributed by atoms with Crippen LogP contribution in [0.25, 0.3) is 0 Å². The van der Waals surface area contributed by atoms with Crippen LogP contribution in [0.3, 0.4) is 0 Å². The Kier molecular flexibility index (Phi) is 4.54. The molecule has 1 aromatic carbocycles. The van der Waals surface area contributed by atoms with Crippen LogP contribution in [0.15, 0.2) is 24.3 Å². The summed E-state index contributed by atoms with van der Waals surface area (Å²) in [5.74, 6) is -0.858. The molecule has 1 aliphatic heterocycles. The number of nitrogens with one attached hydrogen (secondary N) is 2. The monoisotopic (exact) mass is 290 g/mol. The first-order valence-corrected chi connectivity index (χ1v) is 6.69. The second-order valence-corrected chi connectivity index (χ2v) is 4.98. The number of nitrogens with zero attached hydrogens (tertiary/aromatic N) is 1. The maximum absolute atomic E-state index is 11.9. The minimum absolute atomic E-state index is 0.123. The summed E-state index contributed by atoms with van der Waals surface area (Å²) in [6.45, 7) is 2.17. The first-order chi connectivity index (χ1) is 9.95. The lowest BCUT2D eigenvalue weighted by molar-refractivity contribution is -0.140. The van der Waals surface area contributed by atoms with Crippen LogP contribution in [0.1, 0.15) is 13.3 Å². The molecule has 1 heterocycles. The summed E-state index contributed by atoms with van der Waals surface area (Å²) in [5, 5.41) is 4.99. The maximum Gasteiger partial charge on any atom is 0.243 e. The lowest BCUT2D eigenvalue weighted by Crippen LogP contribution is -2.57. The topological polar surface area (TPSA) is 105 Å². The number of hydrogen-bond donors (Lipinski definition) is 3. The number of nitrogen functional groups attached to an aromatic ring is 1. The zero-order chi connectivity index (χ0) is 15.4. The number of piperazine rings is 1. The number of carbonyl (C=O) groups excluding carboxylic acids is 3. The van der Waals surface area contributed by atoms with Crippen molar-refractivity contribution in [2.24, 2.45) is 0 Å². The number of nitrogens with two attached hydrogens (primary N) is 1. The molecule has 0 aliphatic carbocycles. The summed E-state index contributed by atoms with van der Waals surface area (Å²) in [6, 6.07) is 6.48. The molecule has 7 nitrogen and oxygen atoms in total. The number of rotatable bonds is 4. The summed E-state index contributed by atoms with van der Waals surface area (Å²) in [4.78, 5) is 36.4. The van der Waals surface area contributed by atoms with E-state index in [9.17, 15) is 14.4 Å². The fourth-order valence-corrected chi connectivity index (χ4v) is 2.13. The second-order valence-electron chi connectivity index (χ2n) is 4.98. The number of carbonyl (C=O) groups is 3. The number of imide groups is 1. The van der Waals surface area contributed by atoms with E-state index in [0.717, 1.165) is 0 Å². The Balaban J connectivity index is 1.86. The van der Waals surface area contributed by atoms with Crippen LogP contribution in [-0.4, -0.2) is 41.8 Å². The van der Waals surface area contributed by atoms with Gasteiger partial charge in [-0.05, 0) is 25.1 Å². The van der Waals surface area contributed by atoms with Gasteiger partial charge in [0.25, 0.3) is 0 Å². The average molecular weight is 290 g/mol. The fourth-order valence-electron chi connectivity index (χ4n) is 2.13. The molecule has 21 heavy (non-hydrogen) atoms. The van der Waals surface area contributed by atoms with Crippen LogP contribution >= 0.6 is 0 Å². The van der Waals surface area contributed by atoms with E-state index in [1.807, 2.05) is 0 Å². The first kappa shape index (κ1) is 15.0. The van der Waals surface area contributed by atoms with E-state index in [2.05, 4.69) is 10.6 Å². The van der Waals surface area contributed by atoms with Gasteiger partial charge in [-0.15, -0.1) is 0 Å². The maximum atomic E-state index is 11.9. The molecule has 7 heteroatoms. The highest BCUT2D eigenvalue weighted by molar-refractivity contribution is 6.01. The Morgan fingerprint density at radius 3 is 2.95 bits per heavy atom. The van der Waals surface area contributed by atoms with Crippen molar-refractivity contribution in [1.82, 2.24) is 10.2 Å². The van der Waals surface area contributed by atoms with E-state index in [1.54, 1.807) is 36.1 Å². The highest BCUT2D eigenvalue weighted by Crippen LogP contribution is 2.12. The van der Waals surface area contributed by atoms with E-state index in [-0.39, 0.29) is 30.7 Å². The van der Waals surface area contributed by atoms with Gasteiger partial charge in [0, 0.05) is 24.3 Å². The van der Waals surface area contributed by atoms with Crippen molar-refractivity contribution in [3.8, 4) is 0 Å². The van der Waals surface area contributed by atoms with Crippen molar-refractivity contribution < 1.29 is 14.4 Å². The van der Waals surface area contributed by atoms with Crippen LogP contribution < -0.4 is 16.4 Å². The third kappa shape index (κ3) is 4.03. The van der Waals surface area contributed by atoms with Crippen LogP contribution in [0, 0.1) is 0 Å². The predicted octanol–water partition coefficient (Wildman–Crippen LogP) is -0.0557. The van der Waals surface area contributed by atoms with Gasteiger partial charge >= 0.3 is 0 Å². The number of amides is 3. The Bertz CT molecular complexity index is 573. The van der Waals surface area contributed by atoms with Gasteiger partial charge in [-0.3, -0.25) is 24.6 Å². The third-order valence-electron chi connectivity index (χ3n) is 3.33. The Hall–Kier alpha value is -2.41. The van der Waals surface area contributed by atoms with Crippen molar-refractivity contribution in [3.63, 3.8) is 0 Å². The minimum Gasteiger partial charge on any atom is -0.399 e. The molecule has 1 atom stereocenters. The summed E-state index contributed by atoms with van der Waals surface area (Å²) < 4.78 is 0. The lowest BCUT2D eigenvalue weighted by Gasteiger charge is -2.31. The van der Waals surface area contributed by atoms with E-state index in [4.69, 9.17) is 5.73 Å². The van der Waals surface area contributed by atoms with Gasteiger partial charge in [0.05, 0.1) is 12.6 Å². The quantitative estimate of drug-likeness (QED) is 0.532. The molecule has 0 radical (unpaired) electrons. The Morgan fingerprint density at radius 2 is 2.24 bits per heavy atom. The highest BCUT2D eigenvalue weighted by Gasteiger charge is 2.29. The zero-order valence-electron chi connectivity index (χ0n) is 11.8. The van der Waals surface area contributed by atoms with Crippen LogP contribution in [-0.2, 0) is 14.4 Å². The average Bonchev–Trinajstić information content (AvgIpc) is 2.41. The lowest BCUT2D eigenvalue weighted by atomic mass is 10.2. The van der Waals surface area contributed by atoms with Crippen molar-refractivity contribution in [3.05, 3.63) is 24.3 Å². The standard InChI is InChI=1S/C14H18N4O3/c1-9-14(21)17-13(20)8-18(9)6-5-12(19)16-11-4-2-3-10(15)7-11/h2-4,7,9H,5-6,8,15H2,1H3,(H,16,19)(H,17,20,21). The minimum atomic E-state index is -0.414. The fraction of sp³-hybridized carbons (Fsp3) is 0.357. The number of hydrogen-bond acceptors (Lipinski definition) is 5. The molecule has 2 rings (SSSR count). The van der Waals surface area contributed by atoms with E-state index in [1.165, 1.54) is 0 Å². The normalized spacial score (nSPS) is 19.2. The van der Waals surface area contributed by atoms with Gasteiger partial charge in [0.15, 0.2) is 0 Å². The molecule has 1 aliphatic rings. The first-order valence-electron chi connectivity index (χ1n) is 6.69. The highest BCUT2D eigenvalue weighted by atomic mass is 16.2. The van der Waals surface area contributed by atoms with Crippen molar-refractivity contribution in [2.75, 3.05) is 24.1 Å². The smallest absolute Gasteiger partial charge is 0.243 e. The van der Waals surface area contributed by atoms with E-state index in [0.29, 0.717) is 17.9 Å². The molecule has 1 fully saturated rings. The number of anilines is 2. The van der Waals surface area contributed by atoms with E-state index < -0.39 is 6.04 Å². The molecule has 1 aromatic rings. The molecule has 0 spiro atoms. The van der Waals surface area contributed by atoms with Gasteiger partial charge < -0.3 is 11.1 Å². The van der Waals surface area contributed by atoms with Gasteiger partial charge in [-0.2, -0.15) is 0 Å². The van der Waals surface area contributed by atoms with Crippen LogP contribution in [0.5, 0.6) is 0 Å². The molecular weight excluding hydrogens is 272 g/mol. The van der Waals surface area contributed by atoms with Gasteiger partial charge in [0.2, 0.25) is 17.7 Å². The molecule has 112 valence electrons. The second kappa shape index (κ2) is 6.36. The van der Waals surface area contributed by atoms with Gasteiger partial charge in [-0.1, -0.05) is 6.07 Å². The Morgan fingerprint density at radius 1 is 1.48 bits per heavy atom. The summed E-state index contributed by atoms with van der Waals surface area (Å²) in [7, 11) is 0. The zero-order valence-corrected chi connectivity index (χ0v) is 11.8.